The molecule has 1 heterocycles. The zero-order chi connectivity index (χ0) is 22.8. The number of hydrogen-bond donors (Lipinski definition) is 0. The number of ether oxygens (including phenoxy) is 1. The molecule has 0 aliphatic carbocycles. The number of nitrogens with zero attached hydrogens (tertiary/aromatic N) is 2. The molecule has 6 nitrogen and oxygen atoms in total. The quantitative estimate of drug-likeness (QED) is 0.632. The molecule has 1 aliphatic rings. The fraction of sp³-hybridized carbons (Fsp3) is 0.409. The van der Waals surface area contributed by atoms with Gasteiger partial charge in [-0.3, -0.25) is 4.79 Å². The number of carbonyl (C=O) groups is 1. The minimum atomic E-state index is -3.74. The van der Waals surface area contributed by atoms with E-state index in [4.69, 9.17) is 16.3 Å². The van der Waals surface area contributed by atoms with E-state index in [2.05, 4.69) is 0 Å². The molecular weight excluding hydrogens is 443 g/mol. The molecule has 1 aliphatic heterocycles. The van der Waals surface area contributed by atoms with Crippen molar-refractivity contribution in [3.05, 3.63) is 53.3 Å². The third kappa shape index (κ3) is 5.02. The van der Waals surface area contributed by atoms with E-state index in [1.165, 1.54) is 52.7 Å². The van der Waals surface area contributed by atoms with Crippen LogP contribution in [-0.2, 0) is 14.8 Å². The molecule has 0 spiro atoms. The molecule has 168 valence electrons. The fourth-order valence-corrected chi connectivity index (χ4v) is 5.45. The van der Waals surface area contributed by atoms with E-state index < -0.39 is 21.8 Å². The Morgan fingerprint density at radius 2 is 1.90 bits per heavy atom. The highest BCUT2D eigenvalue weighted by Gasteiger charge is 2.36. The van der Waals surface area contributed by atoms with Crippen LogP contribution in [0.15, 0.2) is 47.4 Å². The van der Waals surface area contributed by atoms with Gasteiger partial charge in [-0.15, -0.1) is 0 Å². The van der Waals surface area contributed by atoms with Crippen molar-refractivity contribution in [2.45, 2.75) is 37.6 Å². The van der Waals surface area contributed by atoms with Crippen LogP contribution in [0.5, 0.6) is 5.75 Å². The van der Waals surface area contributed by atoms with E-state index in [1.54, 1.807) is 6.07 Å². The summed E-state index contributed by atoms with van der Waals surface area (Å²) in [4.78, 5) is 15.1. The second kappa shape index (κ2) is 9.54. The molecule has 3 rings (SSSR count). The molecule has 0 N–H and O–H groups in total. The van der Waals surface area contributed by atoms with E-state index in [-0.39, 0.29) is 29.1 Å². The number of methoxy groups -OCH3 is 1. The first kappa shape index (κ1) is 23.5. The summed E-state index contributed by atoms with van der Waals surface area (Å²) in [5, 5.41) is 0.449. The van der Waals surface area contributed by atoms with Crippen molar-refractivity contribution >= 4 is 33.2 Å². The Morgan fingerprint density at radius 1 is 1.23 bits per heavy atom. The van der Waals surface area contributed by atoms with Crippen molar-refractivity contribution in [3.8, 4) is 5.75 Å². The average Bonchev–Trinajstić information content (AvgIpc) is 2.74. The van der Waals surface area contributed by atoms with Crippen molar-refractivity contribution in [2.75, 3.05) is 25.1 Å². The molecule has 1 unspecified atom stereocenters. The molecule has 0 saturated carbocycles. The lowest BCUT2D eigenvalue weighted by molar-refractivity contribution is -0.123. The van der Waals surface area contributed by atoms with Crippen LogP contribution in [0.4, 0.5) is 10.1 Å². The molecule has 0 bridgehead atoms. The molecule has 0 aromatic heterocycles. The number of sulfonamides is 1. The summed E-state index contributed by atoms with van der Waals surface area (Å²) in [7, 11) is -2.37. The van der Waals surface area contributed by atoms with Gasteiger partial charge in [0.05, 0.1) is 17.9 Å². The van der Waals surface area contributed by atoms with Crippen LogP contribution >= 0.6 is 11.6 Å². The molecule has 9 heteroatoms. The van der Waals surface area contributed by atoms with Crippen molar-refractivity contribution in [1.82, 2.24) is 4.31 Å². The summed E-state index contributed by atoms with van der Waals surface area (Å²) in [6, 6.07) is 10.1. The predicted molar refractivity (Wildman–Crippen MR) is 119 cm³/mol. The standard InChI is InChI=1S/C22H26ClFN2O4S/c1-15(2)26(18-8-11-21(30-3)20(24)13-18)22(27)16-5-4-12-25(14-16)31(28,29)19-9-6-17(23)7-10-19/h6-11,13,15-16H,4-5,12,14H2,1-3H3. The summed E-state index contributed by atoms with van der Waals surface area (Å²) in [6.45, 7) is 4.09. The molecule has 1 fully saturated rings. The summed E-state index contributed by atoms with van der Waals surface area (Å²) in [5.74, 6) is -1.22. The maximum absolute atomic E-state index is 14.3. The Bertz CT molecular complexity index is 1040. The molecule has 0 radical (unpaired) electrons. The van der Waals surface area contributed by atoms with Gasteiger partial charge in [0, 0.05) is 35.9 Å². The third-order valence-corrected chi connectivity index (χ3v) is 7.48. The minimum Gasteiger partial charge on any atom is -0.494 e. The van der Waals surface area contributed by atoms with Gasteiger partial charge in [0.15, 0.2) is 11.6 Å². The molecule has 1 amide bonds. The number of benzene rings is 2. The van der Waals surface area contributed by atoms with Crippen molar-refractivity contribution in [3.63, 3.8) is 0 Å². The summed E-state index contributed by atoms with van der Waals surface area (Å²) in [5.41, 5.74) is 0.413. The minimum absolute atomic E-state index is 0.0750. The molecule has 31 heavy (non-hydrogen) atoms. The van der Waals surface area contributed by atoms with Gasteiger partial charge in [-0.05, 0) is 63.1 Å². The Morgan fingerprint density at radius 3 is 2.48 bits per heavy atom. The van der Waals surface area contributed by atoms with Gasteiger partial charge in [-0.2, -0.15) is 4.31 Å². The van der Waals surface area contributed by atoms with E-state index in [0.717, 1.165) is 0 Å². The van der Waals surface area contributed by atoms with Crippen LogP contribution in [0.1, 0.15) is 26.7 Å². The van der Waals surface area contributed by atoms with Gasteiger partial charge < -0.3 is 9.64 Å². The van der Waals surface area contributed by atoms with Gasteiger partial charge in [0.25, 0.3) is 0 Å². The van der Waals surface area contributed by atoms with Crippen molar-refractivity contribution in [1.29, 1.82) is 0 Å². The zero-order valence-corrected chi connectivity index (χ0v) is 19.3. The lowest BCUT2D eigenvalue weighted by atomic mass is 9.97. The Hall–Kier alpha value is -2.16. The van der Waals surface area contributed by atoms with Gasteiger partial charge in [0.2, 0.25) is 15.9 Å². The highest BCUT2D eigenvalue weighted by atomic mass is 35.5. The van der Waals surface area contributed by atoms with Crippen LogP contribution < -0.4 is 9.64 Å². The highest BCUT2D eigenvalue weighted by molar-refractivity contribution is 7.89. The van der Waals surface area contributed by atoms with E-state index >= 15 is 0 Å². The lowest BCUT2D eigenvalue weighted by Crippen LogP contribution is -2.48. The molecule has 1 atom stereocenters. The first-order valence-corrected chi connectivity index (χ1v) is 11.9. The van der Waals surface area contributed by atoms with Crippen LogP contribution in [-0.4, -0.2) is 44.9 Å². The van der Waals surface area contributed by atoms with E-state index in [1.807, 2.05) is 13.8 Å². The van der Waals surface area contributed by atoms with Crippen LogP contribution in [0.25, 0.3) is 0 Å². The number of carbonyl (C=O) groups excluding carboxylic acids is 1. The van der Waals surface area contributed by atoms with Gasteiger partial charge in [0.1, 0.15) is 0 Å². The van der Waals surface area contributed by atoms with Crippen molar-refractivity contribution < 1.29 is 22.3 Å². The monoisotopic (exact) mass is 468 g/mol. The molecule has 2 aromatic carbocycles. The number of anilines is 1. The molecule has 1 saturated heterocycles. The van der Waals surface area contributed by atoms with Crippen molar-refractivity contribution in [2.24, 2.45) is 5.92 Å². The first-order valence-electron chi connectivity index (χ1n) is 10.1. The third-order valence-electron chi connectivity index (χ3n) is 5.35. The zero-order valence-electron chi connectivity index (χ0n) is 17.7. The van der Waals surface area contributed by atoms with Gasteiger partial charge in [-0.25, -0.2) is 12.8 Å². The lowest BCUT2D eigenvalue weighted by Gasteiger charge is -2.36. The topological polar surface area (TPSA) is 66.9 Å². The first-order chi connectivity index (χ1) is 14.6. The molecule has 2 aromatic rings. The van der Waals surface area contributed by atoms with Gasteiger partial charge >= 0.3 is 0 Å². The van der Waals surface area contributed by atoms with Gasteiger partial charge in [-0.1, -0.05) is 11.6 Å². The number of piperidine rings is 1. The Kier molecular flexibility index (Phi) is 7.24. The van der Waals surface area contributed by atoms with Crippen LogP contribution in [0, 0.1) is 11.7 Å². The Balaban J connectivity index is 1.84. The fourth-order valence-electron chi connectivity index (χ4n) is 3.80. The summed E-state index contributed by atoms with van der Waals surface area (Å²) < 4.78 is 46.7. The Labute approximate surface area is 187 Å². The van der Waals surface area contributed by atoms with E-state index in [9.17, 15) is 17.6 Å². The molecular formula is C22H26ClFN2O4S. The maximum Gasteiger partial charge on any atom is 0.243 e. The number of amides is 1. The van der Waals surface area contributed by atoms with E-state index in [0.29, 0.717) is 30.1 Å². The van der Waals surface area contributed by atoms with Crippen LogP contribution in [0.3, 0.4) is 0 Å². The van der Waals surface area contributed by atoms with Crippen LogP contribution in [0.2, 0.25) is 5.02 Å². The number of rotatable bonds is 6. The largest absolute Gasteiger partial charge is 0.494 e. The smallest absolute Gasteiger partial charge is 0.243 e. The predicted octanol–water partition coefficient (Wildman–Crippen LogP) is 4.33. The maximum atomic E-state index is 14.3. The average molecular weight is 469 g/mol. The summed E-state index contributed by atoms with van der Waals surface area (Å²) in [6.07, 6.45) is 1.12. The normalized spacial score (nSPS) is 17.5. The SMILES string of the molecule is COc1ccc(N(C(=O)C2CCCN(S(=O)(=O)c3ccc(Cl)cc3)C2)C(C)C)cc1F. The highest BCUT2D eigenvalue weighted by Crippen LogP contribution is 2.30. The summed E-state index contributed by atoms with van der Waals surface area (Å²) >= 11 is 5.87. The number of halogens is 2. The second-order valence-electron chi connectivity index (χ2n) is 7.78. The number of hydrogen-bond acceptors (Lipinski definition) is 4. The second-order valence-corrected chi connectivity index (χ2v) is 10.2.